The van der Waals surface area contributed by atoms with Gasteiger partial charge in [0.2, 0.25) is 0 Å². The summed E-state index contributed by atoms with van der Waals surface area (Å²) in [4.78, 5) is 27.0. The first-order valence-corrected chi connectivity index (χ1v) is 8.49. The van der Waals surface area contributed by atoms with Crippen LogP contribution in [0, 0.1) is 11.3 Å². The number of ether oxygens (including phenoxy) is 2. The van der Waals surface area contributed by atoms with E-state index in [9.17, 15) is 9.59 Å². The first kappa shape index (κ1) is 15.5. The maximum atomic E-state index is 12.8. The third-order valence-electron chi connectivity index (χ3n) is 5.52. The van der Waals surface area contributed by atoms with Gasteiger partial charge in [0.05, 0.1) is 0 Å². The Balaban J connectivity index is 1.48. The van der Waals surface area contributed by atoms with Crippen LogP contribution in [-0.2, 0) is 20.9 Å². The van der Waals surface area contributed by atoms with Crippen LogP contribution < -0.4 is 0 Å². The number of rotatable bonds is 3. The normalized spacial score (nSPS) is 32.6. The Hall–Kier alpha value is -2.04. The quantitative estimate of drug-likeness (QED) is 0.800. The second-order valence-electron chi connectivity index (χ2n) is 8.35. The number of hydrogen-bond donors (Lipinski definition) is 0. The summed E-state index contributed by atoms with van der Waals surface area (Å²) in [5.74, 6) is -0.0337. The summed E-state index contributed by atoms with van der Waals surface area (Å²) in [6.07, 6.45) is 1.34. The molecule has 2 saturated heterocycles. The third kappa shape index (κ3) is 2.14. The summed E-state index contributed by atoms with van der Waals surface area (Å²) in [5.41, 5.74) is -0.258. The zero-order valence-electron chi connectivity index (χ0n) is 14.4. The number of carbonyl (C=O) groups is 2. The van der Waals surface area contributed by atoms with Crippen LogP contribution in [0.25, 0.3) is 0 Å². The van der Waals surface area contributed by atoms with Gasteiger partial charge in [-0.2, -0.15) is 0 Å². The number of piperidine rings is 1. The minimum absolute atomic E-state index is 0.155. The fourth-order valence-electron chi connectivity index (χ4n) is 4.43. The van der Waals surface area contributed by atoms with Crippen LogP contribution in [0.2, 0.25) is 0 Å². The highest BCUT2D eigenvalue weighted by molar-refractivity contribution is 5.91. The molecule has 128 valence electrons. The first-order valence-electron chi connectivity index (χ1n) is 8.49. The second kappa shape index (κ2) is 4.74. The number of hydrogen-bond acceptors (Lipinski definition) is 4. The number of nitrogens with zero attached hydrogens (tertiary/aromatic N) is 1. The van der Waals surface area contributed by atoms with Gasteiger partial charge in [-0.3, -0.25) is 4.90 Å². The van der Waals surface area contributed by atoms with Gasteiger partial charge >= 0.3 is 12.1 Å². The van der Waals surface area contributed by atoms with Crippen molar-refractivity contribution in [3.8, 4) is 0 Å². The van der Waals surface area contributed by atoms with Crippen molar-refractivity contribution < 1.29 is 19.1 Å². The van der Waals surface area contributed by atoms with Crippen molar-refractivity contribution in [1.29, 1.82) is 0 Å². The van der Waals surface area contributed by atoms with E-state index in [1.54, 1.807) is 4.90 Å². The van der Waals surface area contributed by atoms with Crippen LogP contribution in [0.15, 0.2) is 30.3 Å². The molecule has 2 aliphatic carbocycles. The lowest BCUT2D eigenvalue weighted by atomic mass is 9.73. The molecule has 2 aliphatic heterocycles. The van der Waals surface area contributed by atoms with Crippen molar-refractivity contribution in [2.24, 2.45) is 11.3 Å². The van der Waals surface area contributed by atoms with Crippen molar-refractivity contribution in [3.63, 3.8) is 0 Å². The second-order valence-corrected chi connectivity index (χ2v) is 8.35. The highest BCUT2D eigenvalue weighted by Gasteiger charge is 2.87. The highest BCUT2D eigenvalue weighted by Crippen LogP contribution is 2.80. The highest BCUT2D eigenvalue weighted by atomic mass is 16.6. The van der Waals surface area contributed by atoms with E-state index in [0.29, 0.717) is 6.54 Å². The summed E-state index contributed by atoms with van der Waals surface area (Å²) >= 11 is 0. The average Bonchev–Trinajstić information content (AvgIpc) is 2.87. The van der Waals surface area contributed by atoms with Crippen molar-refractivity contribution >= 4 is 12.1 Å². The zero-order valence-corrected chi connectivity index (χ0v) is 14.4. The van der Waals surface area contributed by atoms with E-state index in [2.05, 4.69) is 0 Å². The van der Waals surface area contributed by atoms with Gasteiger partial charge in [0.15, 0.2) is 0 Å². The van der Waals surface area contributed by atoms with Crippen LogP contribution in [0.5, 0.6) is 0 Å². The Morgan fingerprint density at radius 2 is 1.96 bits per heavy atom. The first-order chi connectivity index (χ1) is 11.3. The van der Waals surface area contributed by atoms with Gasteiger partial charge in [-0.25, -0.2) is 9.59 Å². The molecule has 0 radical (unpaired) electrons. The summed E-state index contributed by atoms with van der Waals surface area (Å²) in [6.45, 7) is 6.37. The molecule has 4 fully saturated rings. The molecule has 3 atom stereocenters. The van der Waals surface area contributed by atoms with E-state index >= 15 is 0 Å². The molecule has 1 aromatic carbocycles. The van der Waals surface area contributed by atoms with Gasteiger partial charge in [-0.15, -0.1) is 0 Å². The van der Waals surface area contributed by atoms with Crippen LogP contribution in [0.4, 0.5) is 4.79 Å². The summed E-state index contributed by atoms with van der Waals surface area (Å²) in [7, 11) is 0. The molecule has 0 N–H and O–H groups in total. The molecule has 2 bridgehead atoms. The average molecular weight is 329 g/mol. The zero-order chi connectivity index (χ0) is 17.2. The standard InChI is InChI=1S/C19H23NO4/c1-17(2,3)24-16(22)20-12-18-9-14(18)19(20,11-18)15(21)23-10-13-7-5-4-6-8-13/h4-8,14H,9-12H2,1-3H3/t14-,18-,19+/m1/s1. The Labute approximate surface area is 141 Å². The van der Waals surface area contributed by atoms with Crippen molar-refractivity contribution in [3.05, 3.63) is 35.9 Å². The van der Waals surface area contributed by atoms with Gasteiger partial charge in [0, 0.05) is 12.5 Å². The van der Waals surface area contributed by atoms with Crippen LogP contribution >= 0.6 is 0 Å². The molecular weight excluding hydrogens is 306 g/mol. The number of carbonyl (C=O) groups excluding carboxylic acids is 2. The molecule has 24 heavy (non-hydrogen) atoms. The molecule has 5 nitrogen and oxygen atoms in total. The molecule has 1 spiro atoms. The minimum Gasteiger partial charge on any atom is -0.459 e. The predicted molar refractivity (Wildman–Crippen MR) is 87.1 cm³/mol. The molecule has 1 aromatic rings. The maximum Gasteiger partial charge on any atom is 0.411 e. The molecular formula is C19H23NO4. The molecule has 2 heterocycles. The van der Waals surface area contributed by atoms with E-state index in [1.807, 2.05) is 51.1 Å². The van der Waals surface area contributed by atoms with E-state index in [4.69, 9.17) is 9.47 Å². The molecule has 0 unspecified atom stereocenters. The van der Waals surface area contributed by atoms with Crippen LogP contribution in [-0.4, -0.2) is 34.6 Å². The Morgan fingerprint density at radius 3 is 2.58 bits per heavy atom. The Morgan fingerprint density at radius 1 is 1.25 bits per heavy atom. The molecule has 2 saturated carbocycles. The van der Waals surface area contributed by atoms with Crippen LogP contribution in [0.3, 0.4) is 0 Å². The lowest BCUT2D eigenvalue weighted by Crippen LogP contribution is -2.57. The molecule has 4 aliphatic rings. The molecule has 5 heteroatoms. The number of benzene rings is 1. The smallest absolute Gasteiger partial charge is 0.411 e. The predicted octanol–water partition coefficient (Wildman–Crippen LogP) is 3.13. The maximum absolute atomic E-state index is 12.8. The Bertz CT molecular complexity index is 695. The third-order valence-corrected chi connectivity index (χ3v) is 5.52. The monoisotopic (exact) mass is 329 g/mol. The molecule has 5 rings (SSSR count). The summed E-state index contributed by atoms with van der Waals surface area (Å²) in [5, 5.41) is 0. The minimum atomic E-state index is -0.795. The lowest BCUT2D eigenvalue weighted by Gasteiger charge is -2.39. The van der Waals surface area contributed by atoms with E-state index in [1.165, 1.54) is 0 Å². The molecule has 1 amide bonds. The SMILES string of the molecule is CC(C)(C)OC(=O)N1C[C@]23C[C@H]2[C@]1(C(=O)OCc1ccccc1)C3. The lowest BCUT2D eigenvalue weighted by molar-refractivity contribution is -0.161. The fourth-order valence-corrected chi connectivity index (χ4v) is 4.43. The summed E-state index contributed by atoms with van der Waals surface area (Å²) < 4.78 is 11.1. The van der Waals surface area contributed by atoms with Crippen LogP contribution in [0.1, 0.15) is 39.2 Å². The van der Waals surface area contributed by atoms with Crippen molar-refractivity contribution in [1.82, 2.24) is 4.90 Å². The van der Waals surface area contributed by atoms with E-state index in [0.717, 1.165) is 18.4 Å². The molecule has 0 aromatic heterocycles. The van der Waals surface area contributed by atoms with Gasteiger partial charge in [0.1, 0.15) is 17.7 Å². The van der Waals surface area contributed by atoms with Gasteiger partial charge in [-0.1, -0.05) is 30.3 Å². The topological polar surface area (TPSA) is 55.8 Å². The van der Waals surface area contributed by atoms with Crippen molar-refractivity contribution in [2.75, 3.05) is 6.54 Å². The Kier molecular flexibility index (Phi) is 3.06. The van der Waals surface area contributed by atoms with E-state index in [-0.39, 0.29) is 23.9 Å². The number of fused-ring (bicyclic) bond motifs is 1. The largest absolute Gasteiger partial charge is 0.459 e. The van der Waals surface area contributed by atoms with Gasteiger partial charge in [0.25, 0.3) is 0 Å². The number of amides is 1. The van der Waals surface area contributed by atoms with Gasteiger partial charge in [-0.05, 0) is 44.6 Å². The fraction of sp³-hybridized carbons (Fsp3) is 0.579. The van der Waals surface area contributed by atoms with Crippen molar-refractivity contribution in [2.45, 2.75) is 51.4 Å². The summed E-state index contributed by atoms with van der Waals surface area (Å²) in [6, 6.07) is 9.61. The van der Waals surface area contributed by atoms with E-state index < -0.39 is 17.2 Å². The number of esters is 1. The van der Waals surface area contributed by atoms with Gasteiger partial charge < -0.3 is 9.47 Å².